The molecule has 0 bridgehead atoms. The molecule has 0 amide bonds. The molecule has 2 aromatic carbocycles. The van der Waals surface area contributed by atoms with Crippen LogP contribution in [0.25, 0.3) is 11.1 Å². The van der Waals surface area contributed by atoms with E-state index < -0.39 is 17.5 Å². The van der Waals surface area contributed by atoms with Gasteiger partial charge in [-0.2, -0.15) is 0 Å². The number of hydrogen-bond acceptors (Lipinski definition) is 5. The van der Waals surface area contributed by atoms with E-state index >= 15 is 0 Å². The summed E-state index contributed by atoms with van der Waals surface area (Å²) in [7, 11) is 0. The van der Waals surface area contributed by atoms with Crippen LogP contribution in [0, 0.1) is 17.5 Å². The molecule has 5 nitrogen and oxygen atoms in total. The lowest BCUT2D eigenvalue weighted by Gasteiger charge is -2.22. The molecule has 1 aromatic heterocycles. The van der Waals surface area contributed by atoms with Gasteiger partial charge in [-0.15, -0.1) is 0 Å². The summed E-state index contributed by atoms with van der Waals surface area (Å²) in [6, 6.07) is 7.94. The van der Waals surface area contributed by atoms with Crippen LogP contribution in [-0.2, 0) is 6.42 Å². The number of nitrogens with two attached hydrogens (primary N) is 1. The van der Waals surface area contributed by atoms with Gasteiger partial charge in [0.15, 0.2) is 0 Å². The highest BCUT2D eigenvalue weighted by Crippen LogP contribution is 2.41. The zero-order valence-electron chi connectivity index (χ0n) is 16.9. The maximum atomic E-state index is 14.6. The predicted octanol–water partition coefficient (Wildman–Crippen LogP) is 5.78. The lowest BCUT2D eigenvalue weighted by atomic mass is 9.84. The molecule has 1 aliphatic heterocycles. The fraction of sp³-hybridized carbons (Fsp3) is 0.0417. The number of hydrogen-bond donors (Lipinski definition) is 2. The van der Waals surface area contributed by atoms with Crippen molar-refractivity contribution in [3.8, 4) is 0 Å². The number of fused-ring (bicyclic) bond motifs is 3. The smallest absolute Gasteiger partial charge is 0.227 e. The van der Waals surface area contributed by atoms with Crippen LogP contribution in [0.1, 0.15) is 16.8 Å². The van der Waals surface area contributed by atoms with Gasteiger partial charge in [0.1, 0.15) is 22.6 Å². The van der Waals surface area contributed by atoms with Crippen molar-refractivity contribution in [2.75, 3.05) is 11.1 Å². The van der Waals surface area contributed by atoms with Crippen LogP contribution >= 0.6 is 11.6 Å². The Morgan fingerprint density at radius 1 is 0.970 bits per heavy atom. The molecule has 3 N–H and O–H groups in total. The van der Waals surface area contributed by atoms with E-state index in [9.17, 15) is 13.2 Å². The summed E-state index contributed by atoms with van der Waals surface area (Å²) in [5.41, 5.74) is 8.44. The van der Waals surface area contributed by atoms with Crippen LogP contribution in [-0.4, -0.2) is 15.1 Å². The molecule has 5 rings (SSSR count). The number of aliphatic imine (C=N–C) groups is 1. The van der Waals surface area contributed by atoms with Crippen molar-refractivity contribution in [3.63, 3.8) is 0 Å². The summed E-state index contributed by atoms with van der Waals surface area (Å²) in [4.78, 5) is 13.1. The van der Waals surface area contributed by atoms with Gasteiger partial charge in [-0.05, 0) is 54.0 Å². The van der Waals surface area contributed by atoms with Gasteiger partial charge < -0.3 is 11.1 Å². The van der Waals surface area contributed by atoms with Crippen molar-refractivity contribution in [1.29, 1.82) is 0 Å². The van der Waals surface area contributed by atoms with Gasteiger partial charge in [-0.25, -0.2) is 28.1 Å². The van der Waals surface area contributed by atoms with E-state index in [-0.39, 0.29) is 27.9 Å². The Morgan fingerprint density at radius 3 is 2.52 bits per heavy atom. The second-order valence-corrected chi connectivity index (χ2v) is 7.79. The van der Waals surface area contributed by atoms with E-state index in [1.807, 2.05) is 6.08 Å². The van der Waals surface area contributed by atoms with Crippen molar-refractivity contribution in [1.82, 2.24) is 9.97 Å². The van der Waals surface area contributed by atoms with Crippen molar-refractivity contribution in [2.24, 2.45) is 4.99 Å². The zero-order valence-corrected chi connectivity index (χ0v) is 17.7. The molecular weight excluding hydrogens is 451 g/mol. The molecule has 2 aliphatic rings. The average molecular weight is 466 g/mol. The predicted molar refractivity (Wildman–Crippen MR) is 124 cm³/mol. The second-order valence-electron chi connectivity index (χ2n) is 7.40. The minimum atomic E-state index is -0.714. The first-order chi connectivity index (χ1) is 15.9. The minimum Gasteiger partial charge on any atom is -0.396 e. The number of aromatic nitrogens is 2. The molecule has 1 aliphatic carbocycles. The number of nitrogens with zero attached hydrogens (tertiary/aromatic N) is 3. The van der Waals surface area contributed by atoms with Gasteiger partial charge in [-0.1, -0.05) is 23.7 Å². The van der Waals surface area contributed by atoms with Gasteiger partial charge in [-0.3, -0.25) is 0 Å². The van der Waals surface area contributed by atoms with Crippen LogP contribution in [0.5, 0.6) is 0 Å². The molecule has 0 saturated carbocycles. The summed E-state index contributed by atoms with van der Waals surface area (Å²) < 4.78 is 43.1. The van der Waals surface area contributed by atoms with Gasteiger partial charge in [0.2, 0.25) is 5.95 Å². The Morgan fingerprint density at radius 2 is 1.76 bits per heavy atom. The molecular formula is C24H15ClF3N5. The Kier molecular flexibility index (Phi) is 5.22. The average Bonchev–Trinajstić information content (AvgIpc) is 2.95. The standard InChI is InChI=1S/C24H15ClF3N5/c25-21-9-15(22-17(26)2-1-3-18(22)27)14-6-4-12-10-31-24(33-23(12)16(14)11-30-21)32-13-5-7-20(29)19(28)8-13/h1-3,5-11H,4,29H2,(H,31,32,33). The lowest BCUT2D eigenvalue weighted by molar-refractivity contribution is 0.577. The number of benzene rings is 2. The highest BCUT2D eigenvalue weighted by atomic mass is 35.5. The Bertz CT molecular complexity index is 1410. The fourth-order valence-corrected chi connectivity index (χ4v) is 3.90. The van der Waals surface area contributed by atoms with Gasteiger partial charge in [0.05, 0.1) is 16.9 Å². The third-order valence-electron chi connectivity index (χ3n) is 5.30. The molecule has 0 fully saturated rings. The molecule has 164 valence electrons. The maximum absolute atomic E-state index is 14.6. The van der Waals surface area contributed by atoms with E-state index in [1.54, 1.807) is 12.3 Å². The van der Waals surface area contributed by atoms with Crippen LogP contribution in [0.15, 0.2) is 71.5 Å². The molecule has 33 heavy (non-hydrogen) atoms. The normalized spacial score (nSPS) is 14.8. The monoisotopic (exact) mass is 465 g/mol. The number of halogens is 4. The van der Waals surface area contributed by atoms with Crippen molar-refractivity contribution < 1.29 is 13.2 Å². The summed E-state index contributed by atoms with van der Waals surface area (Å²) in [6.45, 7) is 0. The van der Waals surface area contributed by atoms with Gasteiger partial charge in [0, 0.05) is 29.2 Å². The first-order valence-electron chi connectivity index (χ1n) is 9.89. The molecule has 0 unspecified atom stereocenters. The number of allylic oxidation sites excluding steroid dienone is 5. The van der Waals surface area contributed by atoms with Gasteiger partial charge >= 0.3 is 0 Å². The number of rotatable bonds is 3. The summed E-state index contributed by atoms with van der Waals surface area (Å²) in [5.74, 6) is -1.79. The quantitative estimate of drug-likeness (QED) is 0.481. The van der Waals surface area contributed by atoms with E-state index in [1.165, 1.54) is 42.6 Å². The Labute approximate surface area is 191 Å². The third-order valence-corrected chi connectivity index (χ3v) is 5.50. The summed E-state index contributed by atoms with van der Waals surface area (Å²) in [6.07, 6.45) is 6.84. The van der Waals surface area contributed by atoms with E-state index in [2.05, 4.69) is 20.3 Å². The fourth-order valence-electron chi connectivity index (χ4n) is 3.74. The topological polar surface area (TPSA) is 76.2 Å². The highest BCUT2D eigenvalue weighted by molar-refractivity contribution is 6.69. The minimum absolute atomic E-state index is 0.0275. The molecule has 3 aromatic rings. The Hall–Kier alpha value is -3.91. The van der Waals surface area contributed by atoms with Crippen molar-refractivity contribution in [3.05, 3.63) is 101 Å². The summed E-state index contributed by atoms with van der Waals surface area (Å²) >= 11 is 6.19. The van der Waals surface area contributed by atoms with Crippen molar-refractivity contribution >= 4 is 45.2 Å². The molecule has 0 atom stereocenters. The maximum Gasteiger partial charge on any atom is 0.227 e. The SMILES string of the molecule is Nc1ccc(Nc2ncc3c(n2)C2=CN=C(Cl)C=C(c4c(F)cccc4F)C2=CC3)cc1F. The first kappa shape index (κ1) is 21.0. The van der Waals surface area contributed by atoms with E-state index in [0.717, 1.165) is 5.56 Å². The highest BCUT2D eigenvalue weighted by Gasteiger charge is 2.27. The van der Waals surface area contributed by atoms with Crippen LogP contribution < -0.4 is 11.1 Å². The number of nitrogen functional groups attached to an aromatic ring is 1. The van der Waals surface area contributed by atoms with Crippen LogP contribution in [0.3, 0.4) is 0 Å². The number of anilines is 3. The molecule has 9 heteroatoms. The first-order valence-corrected chi connectivity index (χ1v) is 10.3. The number of nitrogens with one attached hydrogen (secondary N) is 1. The molecule has 0 saturated heterocycles. The van der Waals surface area contributed by atoms with Gasteiger partial charge in [0.25, 0.3) is 0 Å². The molecule has 0 spiro atoms. The Balaban J connectivity index is 1.58. The van der Waals surface area contributed by atoms with Crippen LogP contribution in [0.2, 0.25) is 0 Å². The second kappa shape index (κ2) is 8.22. The zero-order chi connectivity index (χ0) is 23.1. The third kappa shape index (κ3) is 3.89. The van der Waals surface area contributed by atoms with Crippen molar-refractivity contribution in [2.45, 2.75) is 6.42 Å². The molecule has 2 heterocycles. The lowest BCUT2D eigenvalue weighted by Crippen LogP contribution is -2.10. The van der Waals surface area contributed by atoms with E-state index in [0.29, 0.717) is 28.9 Å². The molecule has 0 radical (unpaired) electrons. The van der Waals surface area contributed by atoms with Crippen LogP contribution in [0.4, 0.5) is 30.5 Å². The largest absolute Gasteiger partial charge is 0.396 e. The van der Waals surface area contributed by atoms with E-state index in [4.69, 9.17) is 17.3 Å². The summed E-state index contributed by atoms with van der Waals surface area (Å²) in [5, 5.41) is 3.01.